The van der Waals surface area contributed by atoms with Crippen molar-refractivity contribution in [3.63, 3.8) is 0 Å². The lowest BCUT2D eigenvalue weighted by Crippen LogP contribution is -2.13. The zero-order valence-corrected chi connectivity index (χ0v) is 20.2. The molecule has 0 aromatic heterocycles. The first-order valence-electron chi connectivity index (χ1n) is 10.9. The maximum Gasteiger partial charge on any atom is 0.255 e. The van der Waals surface area contributed by atoms with Crippen LogP contribution in [0.1, 0.15) is 22.8 Å². The van der Waals surface area contributed by atoms with Crippen molar-refractivity contribution in [2.24, 2.45) is 0 Å². The fraction of sp³-hybridized carbons (Fsp3) is 0.107. The summed E-state index contributed by atoms with van der Waals surface area (Å²) in [4.78, 5) is 13.1. The number of para-hydroxylation sites is 3. The van der Waals surface area contributed by atoms with E-state index in [1.54, 1.807) is 18.2 Å². The van der Waals surface area contributed by atoms with Crippen LogP contribution in [0.4, 0.5) is 5.69 Å². The van der Waals surface area contributed by atoms with Crippen LogP contribution in [0.3, 0.4) is 0 Å². The normalized spacial score (nSPS) is 10.4. The van der Waals surface area contributed by atoms with Crippen LogP contribution in [0, 0.1) is 0 Å². The summed E-state index contributed by atoms with van der Waals surface area (Å²) < 4.78 is 18.4. The van der Waals surface area contributed by atoms with Crippen LogP contribution >= 0.6 is 15.9 Å². The fourth-order valence-electron chi connectivity index (χ4n) is 3.30. The van der Waals surface area contributed by atoms with Crippen LogP contribution in [-0.2, 0) is 6.61 Å². The molecule has 0 saturated heterocycles. The van der Waals surface area contributed by atoms with Crippen molar-refractivity contribution in [3.05, 3.63) is 113 Å². The number of benzene rings is 4. The van der Waals surface area contributed by atoms with Gasteiger partial charge in [0.15, 0.2) is 17.2 Å². The Balaban J connectivity index is 1.54. The molecule has 1 amide bonds. The molecule has 172 valence electrons. The number of rotatable bonds is 9. The third kappa shape index (κ3) is 5.97. The quantitative estimate of drug-likeness (QED) is 0.250. The third-order valence-corrected chi connectivity index (χ3v) is 5.49. The minimum absolute atomic E-state index is 0.291. The van der Waals surface area contributed by atoms with E-state index >= 15 is 0 Å². The molecule has 6 heteroatoms. The smallest absolute Gasteiger partial charge is 0.255 e. The van der Waals surface area contributed by atoms with Gasteiger partial charge < -0.3 is 19.5 Å². The van der Waals surface area contributed by atoms with Crippen LogP contribution in [0.25, 0.3) is 0 Å². The number of amides is 1. The van der Waals surface area contributed by atoms with E-state index in [1.165, 1.54) is 0 Å². The van der Waals surface area contributed by atoms with Crippen molar-refractivity contribution in [2.75, 3.05) is 11.9 Å². The van der Waals surface area contributed by atoms with E-state index in [9.17, 15) is 4.79 Å². The summed E-state index contributed by atoms with van der Waals surface area (Å²) in [5.74, 6) is 1.99. The van der Waals surface area contributed by atoms with Crippen LogP contribution in [0.15, 0.2) is 102 Å². The van der Waals surface area contributed by atoms with E-state index in [0.717, 1.165) is 5.56 Å². The van der Waals surface area contributed by atoms with Crippen molar-refractivity contribution in [3.8, 4) is 23.0 Å². The maximum atomic E-state index is 13.1. The number of nitrogens with one attached hydrogen (secondary N) is 1. The van der Waals surface area contributed by atoms with E-state index in [1.807, 2.05) is 85.8 Å². The molecule has 0 aliphatic heterocycles. The lowest BCUT2D eigenvalue weighted by molar-refractivity contribution is 0.102. The second kappa shape index (κ2) is 11.4. The predicted molar refractivity (Wildman–Crippen MR) is 137 cm³/mol. The van der Waals surface area contributed by atoms with Gasteiger partial charge in [-0.05, 0) is 64.8 Å². The van der Waals surface area contributed by atoms with Gasteiger partial charge in [0.25, 0.3) is 5.91 Å². The Morgan fingerprint density at radius 2 is 1.50 bits per heavy atom. The van der Waals surface area contributed by atoms with Gasteiger partial charge >= 0.3 is 0 Å². The number of anilines is 1. The Hall–Kier alpha value is -3.77. The molecule has 0 saturated carbocycles. The van der Waals surface area contributed by atoms with Gasteiger partial charge in [-0.15, -0.1) is 0 Å². The summed E-state index contributed by atoms with van der Waals surface area (Å²) in [6.45, 7) is 2.71. The van der Waals surface area contributed by atoms with Gasteiger partial charge in [-0.2, -0.15) is 0 Å². The van der Waals surface area contributed by atoms with E-state index in [2.05, 4.69) is 21.2 Å². The SMILES string of the molecule is CCOc1cc(C(=O)Nc2ccccc2Oc2ccccc2)cc(Br)c1OCc1ccccc1. The Morgan fingerprint density at radius 3 is 2.24 bits per heavy atom. The lowest BCUT2D eigenvalue weighted by Gasteiger charge is -2.16. The molecule has 4 rings (SSSR count). The topological polar surface area (TPSA) is 56.8 Å². The summed E-state index contributed by atoms with van der Waals surface area (Å²) in [5, 5.41) is 2.94. The molecule has 0 aliphatic carbocycles. The summed E-state index contributed by atoms with van der Waals surface area (Å²) in [6.07, 6.45) is 0. The standard InChI is InChI=1S/C28H24BrNO4/c1-2-32-26-18-21(17-23(29)27(26)33-19-20-11-5-3-6-12-20)28(31)30-24-15-9-10-16-25(24)34-22-13-7-4-8-14-22/h3-18H,2,19H2,1H3,(H,30,31). The van der Waals surface area contributed by atoms with Crippen LogP contribution in [0.2, 0.25) is 0 Å². The number of halogens is 1. The lowest BCUT2D eigenvalue weighted by atomic mass is 10.1. The summed E-state index contributed by atoms with van der Waals surface area (Å²) in [5.41, 5.74) is 2.03. The molecular weight excluding hydrogens is 494 g/mol. The monoisotopic (exact) mass is 517 g/mol. The van der Waals surface area contributed by atoms with Gasteiger partial charge in [-0.3, -0.25) is 4.79 Å². The Bertz CT molecular complexity index is 1250. The number of ether oxygens (including phenoxy) is 3. The maximum absolute atomic E-state index is 13.1. The van der Waals surface area contributed by atoms with Crippen molar-refractivity contribution in [1.82, 2.24) is 0 Å². The molecule has 0 spiro atoms. The molecule has 0 bridgehead atoms. The summed E-state index contributed by atoms with van der Waals surface area (Å²) in [6, 6.07) is 30.0. The average molecular weight is 518 g/mol. The Morgan fingerprint density at radius 1 is 0.824 bits per heavy atom. The molecule has 0 unspecified atom stereocenters. The largest absolute Gasteiger partial charge is 0.490 e. The second-order valence-electron chi connectivity index (χ2n) is 7.36. The molecule has 0 heterocycles. The van der Waals surface area contributed by atoms with Crippen LogP contribution in [0.5, 0.6) is 23.0 Å². The Labute approximate surface area is 207 Å². The number of hydrogen-bond donors (Lipinski definition) is 1. The highest BCUT2D eigenvalue weighted by Crippen LogP contribution is 2.38. The van der Waals surface area contributed by atoms with E-state index in [-0.39, 0.29) is 5.91 Å². The number of carbonyl (C=O) groups excluding carboxylic acids is 1. The predicted octanol–water partition coefficient (Wildman–Crippen LogP) is 7.47. The van der Waals surface area contributed by atoms with Gasteiger partial charge in [0, 0.05) is 5.56 Å². The molecule has 0 radical (unpaired) electrons. The van der Waals surface area contributed by atoms with Gasteiger partial charge in [0.1, 0.15) is 12.4 Å². The second-order valence-corrected chi connectivity index (χ2v) is 8.21. The molecule has 4 aromatic carbocycles. The highest BCUT2D eigenvalue weighted by atomic mass is 79.9. The van der Waals surface area contributed by atoms with Crippen molar-refractivity contribution < 1.29 is 19.0 Å². The molecule has 0 atom stereocenters. The zero-order valence-electron chi connectivity index (χ0n) is 18.7. The minimum Gasteiger partial charge on any atom is -0.490 e. The van der Waals surface area contributed by atoms with Crippen molar-refractivity contribution >= 4 is 27.5 Å². The van der Waals surface area contributed by atoms with Gasteiger partial charge in [0.2, 0.25) is 0 Å². The third-order valence-electron chi connectivity index (χ3n) is 4.90. The molecule has 0 aliphatic rings. The first-order chi connectivity index (χ1) is 16.6. The summed E-state index contributed by atoms with van der Waals surface area (Å²) in [7, 11) is 0. The highest BCUT2D eigenvalue weighted by molar-refractivity contribution is 9.10. The zero-order chi connectivity index (χ0) is 23.8. The first kappa shape index (κ1) is 23.4. The molecular formula is C28H24BrNO4. The first-order valence-corrected chi connectivity index (χ1v) is 11.7. The van der Waals surface area contributed by atoms with Gasteiger partial charge in [0.05, 0.1) is 16.8 Å². The van der Waals surface area contributed by atoms with Crippen molar-refractivity contribution in [1.29, 1.82) is 0 Å². The minimum atomic E-state index is -0.291. The van der Waals surface area contributed by atoms with Gasteiger partial charge in [-0.25, -0.2) is 0 Å². The number of hydrogen-bond acceptors (Lipinski definition) is 4. The average Bonchev–Trinajstić information content (AvgIpc) is 2.86. The van der Waals surface area contributed by atoms with E-state index in [4.69, 9.17) is 14.2 Å². The van der Waals surface area contributed by atoms with E-state index in [0.29, 0.717) is 51.9 Å². The van der Waals surface area contributed by atoms with E-state index < -0.39 is 0 Å². The molecule has 0 fully saturated rings. The van der Waals surface area contributed by atoms with Crippen LogP contribution < -0.4 is 19.5 Å². The highest BCUT2D eigenvalue weighted by Gasteiger charge is 2.18. The van der Waals surface area contributed by atoms with Crippen LogP contribution in [-0.4, -0.2) is 12.5 Å². The number of carbonyl (C=O) groups is 1. The molecule has 5 nitrogen and oxygen atoms in total. The van der Waals surface area contributed by atoms with Gasteiger partial charge in [-0.1, -0.05) is 60.7 Å². The molecule has 34 heavy (non-hydrogen) atoms. The Kier molecular flexibility index (Phi) is 7.83. The fourth-order valence-corrected chi connectivity index (χ4v) is 3.86. The molecule has 4 aromatic rings. The summed E-state index contributed by atoms with van der Waals surface area (Å²) >= 11 is 3.54. The molecule has 1 N–H and O–H groups in total. The van der Waals surface area contributed by atoms with Crippen molar-refractivity contribution in [2.45, 2.75) is 13.5 Å².